The Hall–Kier alpha value is -3.23. The molecule has 2 aromatic carbocycles. The molecule has 146 valence electrons. The lowest BCUT2D eigenvalue weighted by atomic mass is 10.2. The van der Waals surface area contributed by atoms with Crippen LogP contribution in [0.4, 0.5) is 0 Å². The Morgan fingerprint density at radius 1 is 0.966 bits per heavy atom. The van der Waals surface area contributed by atoms with E-state index < -0.39 is 0 Å². The zero-order chi connectivity index (χ0) is 19.5. The van der Waals surface area contributed by atoms with Gasteiger partial charge in [-0.1, -0.05) is 42.5 Å². The Bertz CT molecular complexity index is 1100. The summed E-state index contributed by atoms with van der Waals surface area (Å²) in [6.07, 6.45) is 1.60. The molecule has 0 bridgehead atoms. The predicted octanol–water partition coefficient (Wildman–Crippen LogP) is 2.24. The number of hydrogen-bond donors (Lipinski definition) is 0. The molecule has 8 heteroatoms. The van der Waals surface area contributed by atoms with Gasteiger partial charge in [-0.2, -0.15) is 0 Å². The van der Waals surface area contributed by atoms with E-state index in [2.05, 4.69) is 54.7 Å². The van der Waals surface area contributed by atoms with E-state index in [0.29, 0.717) is 13.2 Å². The van der Waals surface area contributed by atoms with Crippen LogP contribution < -0.4 is 0 Å². The van der Waals surface area contributed by atoms with E-state index in [4.69, 9.17) is 4.74 Å². The normalized spacial score (nSPS) is 17.6. The van der Waals surface area contributed by atoms with Gasteiger partial charge in [-0.25, -0.2) is 9.67 Å². The van der Waals surface area contributed by atoms with Gasteiger partial charge in [0.25, 0.3) is 0 Å². The second-order valence-corrected chi connectivity index (χ2v) is 7.12. The first kappa shape index (κ1) is 17.8. The van der Waals surface area contributed by atoms with Crippen LogP contribution in [0.3, 0.4) is 0 Å². The molecular formula is C21H21N7O. The summed E-state index contributed by atoms with van der Waals surface area (Å²) in [5.74, 6) is 0.720. The SMILES string of the molecule is c1ccc(CN2CCOC(c3nnnn3Cc3cnc4ccccc4n3)C2)cc1. The minimum Gasteiger partial charge on any atom is -0.367 e. The zero-order valence-electron chi connectivity index (χ0n) is 15.9. The van der Waals surface area contributed by atoms with Crippen molar-refractivity contribution in [1.82, 2.24) is 35.1 Å². The van der Waals surface area contributed by atoms with Crippen molar-refractivity contribution in [3.8, 4) is 0 Å². The van der Waals surface area contributed by atoms with Crippen LogP contribution in [0.1, 0.15) is 23.2 Å². The molecule has 1 unspecified atom stereocenters. The Balaban J connectivity index is 1.32. The minimum absolute atomic E-state index is 0.170. The van der Waals surface area contributed by atoms with Crippen molar-refractivity contribution in [2.75, 3.05) is 19.7 Å². The summed E-state index contributed by atoms with van der Waals surface area (Å²) in [7, 11) is 0. The van der Waals surface area contributed by atoms with Crippen LogP contribution in [0.2, 0.25) is 0 Å². The molecule has 0 N–H and O–H groups in total. The fourth-order valence-electron chi connectivity index (χ4n) is 3.62. The largest absolute Gasteiger partial charge is 0.367 e. The van der Waals surface area contributed by atoms with E-state index in [0.717, 1.165) is 42.2 Å². The van der Waals surface area contributed by atoms with Crippen LogP contribution in [0.15, 0.2) is 60.8 Å². The van der Waals surface area contributed by atoms with Gasteiger partial charge in [0.05, 0.1) is 36.1 Å². The molecule has 0 amide bonds. The van der Waals surface area contributed by atoms with Crippen molar-refractivity contribution in [2.24, 2.45) is 0 Å². The molecule has 3 heterocycles. The average molecular weight is 387 g/mol. The summed E-state index contributed by atoms with van der Waals surface area (Å²) in [5, 5.41) is 12.3. The molecule has 1 atom stereocenters. The van der Waals surface area contributed by atoms with E-state index in [1.165, 1.54) is 5.56 Å². The van der Waals surface area contributed by atoms with Gasteiger partial charge in [0.1, 0.15) is 6.10 Å². The third-order valence-corrected chi connectivity index (χ3v) is 5.06. The van der Waals surface area contributed by atoms with Crippen molar-refractivity contribution < 1.29 is 4.74 Å². The molecule has 2 aromatic heterocycles. The Morgan fingerprint density at radius 3 is 2.69 bits per heavy atom. The highest BCUT2D eigenvalue weighted by atomic mass is 16.5. The highest BCUT2D eigenvalue weighted by Crippen LogP contribution is 2.22. The lowest BCUT2D eigenvalue weighted by Gasteiger charge is -2.32. The highest BCUT2D eigenvalue weighted by Gasteiger charge is 2.27. The van der Waals surface area contributed by atoms with Gasteiger partial charge in [0, 0.05) is 19.6 Å². The lowest BCUT2D eigenvalue weighted by Crippen LogP contribution is -2.38. The number of rotatable bonds is 5. The summed E-state index contributed by atoms with van der Waals surface area (Å²) in [6.45, 7) is 3.64. The number of hydrogen-bond acceptors (Lipinski definition) is 7. The van der Waals surface area contributed by atoms with Gasteiger partial charge in [0.2, 0.25) is 0 Å². The topological polar surface area (TPSA) is 81.9 Å². The molecule has 0 saturated carbocycles. The monoisotopic (exact) mass is 387 g/mol. The fraction of sp³-hybridized carbons (Fsp3) is 0.286. The molecule has 1 aliphatic heterocycles. The molecule has 0 aliphatic carbocycles. The number of morpholine rings is 1. The maximum atomic E-state index is 6.00. The Kier molecular flexibility index (Phi) is 4.93. The number of nitrogens with zero attached hydrogens (tertiary/aromatic N) is 7. The molecule has 0 spiro atoms. The van der Waals surface area contributed by atoms with Gasteiger partial charge < -0.3 is 4.74 Å². The van der Waals surface area contributed by atoms with E-state index in [-0.39, 0.29) is 6.10 Å². The first-order valence-electron chi connectivity index (χ1n) is 9.70. The molecule has 1 aliphatic rings. The fourth-order valence-corrected chi connectivity index (χ4v) is 3.62. The predicted molar refractivity (Wildman–Crippen MR) is 107 cm³/mol. The van der Waals surface area contributed by atoms with Crippen molar-refractivity contribution in [2.45, 2.75) is 19.2 Å². The van der Waals surface area contributed by atoms with E-state index >= 15 is 0 Å². The van der Waals surface area contributed by atoms with Gasteiger partial charge >= 0.3 is 0 Å². The average Bonchev–Trinajstić information content (AvgIpc) is 3.23. The van der Waals surface area contributed by atoms with Crippen LogP contribution >= 0.6 is 0 Å². The summed E-state index contributed by atoms with van der Waals surface area (Å²) < 4.78 is 7.76. The molecule has 8 nitrogen and oxygen atoms in total. The van der Waals surface area contributed by atoms with Crippen LogP contribution in [0, 0.1) is 0 Å². The second kappa shape index (κ2) is 8.02. The third-order valence-electron chi connectivity index (χ3n) is 5.06. The molecule has 0 radical (unpaired) electrons. The van der Waals surface area contributed by atoms with Crippen molar-refractivity contribution in [3.05, 3.63) is 77.9 Å². The number of ether oxygens (including phenoxy) is 1. The molecule has 5 rings (SSSR count). The molecule has 1 fully saturated rings. The van der Waals surface area contributed by atoms with E-state index in [1.54, 1.807) is 10.9 Å². The van der Waals surface area contributed by atoms with Gasteiger partial charge in [-0.05, 0) is 28.1 Å². The zero-order valence-corrected chi connectivity index (χ0v) is 15.9. The smallest absolute Gasteiger partial charge is 0.181 e. The number of fused-ring (bicyclic) bond motifs is 1. The number of benzene rings is 2. The van der Waals surface area contributed by atoms with Gasteiger partial charge in [-0.15, -0.1) is 5.10 Å². The number of aromatic nitrogens is 6. The van der Waals surface area contributed by atoms with Crippen molar-refractivity contribution in [3.63, 3.8) is 0 Å². The van der Waals surface area contributed by atoms with Gasteiger partial charge in [0.15, 0.2) is 5.82 Å². The quantitative estimate of drug-likeness (QED) is 0.519. The van der Waals surface area contributed by atoms with Crippen LogP contribution in [-0.4, -0.2) is 54.8 Å². The van der Waals surface area contributed by atoms with Crippen molar-refractivity contribution in [1.29, 1.82) is 0 Å². The maximum absolute atomic E-state index is 6.00. The second-order valence-electron chi connectivity index (χ2n) is 7.12. The maximum Gasteiger partial charge on any atom is 0.181 e. The molecular weight excluding hydrogens is 366 g/mol. The first-order valence-corrected chi connectivity index (χ1v) is 9.70. The Labute approximate surface area is 168 Å². The summed E-state index contributed by atoms with van der Waals surface area (Å²) in [4.78, 5) is 11.5. The number of para-hydroxylation sites is 2. The molecule has 1 saturated heterocycles. The lowest BCUT2D eigenvalue weighted by molar-refractivity contribution is -0.0391. The summed E-state index contributed by atoms with van der Waals surface area (Å²) in [5.41, 5.74) is 3.84. The van der Waals surface area contributed by atoms with E-state index in [1.807, 2.05) is 30.3 Å². The molecule has 4 aromatic rings. The van der Waals surface area contributed by atoms with E-state index in [9.17, 15) is 0 Å². The van der Waals surface area contributed by atoms with Crippen LogP contribution in [-0.2, 0) is 17.8 Å². The first-order chi connectivity index (χ1) is 14.3. The van der Waals surface area contributed by atoms with Crippen LogP contribution in [0.25, 0.3) is 11.0 Å². The standard InChI is InChI=1S/C21H21N7O/c1-2-6-16(7-3-1)13-27-10-11-29-20(15-27)21-24-25-26-28(21)14-17-12-22-18-8-4-5-9-19(18)23-17/h1-9,12,20H,10-11,13-15H2. The van der Waals surface area contributed by atoms with Crippen molar-refractivity contribution >= 4 is 11.0 Å². The van der Waals surface area contributed by atoms with Crippen LogP contribution in [0.5, 0.6) is 0 Å². The minimum atomic E-state index is -0.170. The summed E-state index contributed by atoms with van der Waals surface area (Å²) >= 11 is 0. The molecule has 29 heavy (non-hydrogen) atoms. The third kappa shape index (κ3) is 3.98. The highest BCUT2D eigenvalue weighted by molar-refractivity contribution is 5.73. The Morgan fingerprint density at radius 2 is 1.79 bits per heavy atom. The number of tetrazole rings is 1. The van der Waals surface area contributed by atoms with Gasteiger partial charge in [-0.3, -0.25) is 9.88 Å². The summed E-state index contributed by atoms with van der Waals surface area (Å²) in [6, 6.07) is 18.3.